The lowest BCUT2D eigenvalue weighted by Gasteiger charge is -2.17. The first-order chi connectivity index (χ1) is 26.1. The highest BCUT2D eigenvalue weighted by atomic mass is 16.6. The molecule has 1 atom stereocenters. The van der Waals surface area contributed by atoms with Crippen molar-refractivity contribution in [3.8, 4) is 33.9 Å². The zero-order valence-corrected chi connectivity index (χ0v) is 28.6. The van der Waals surface area contributed by atoms with Crippen LogP contribution in [0.2, 0.25) is 0 Å². The van der Waals surface area contributed by atoms with E-state index in [1.165, 1.54) is 32.6 Å². The minimum Gasteiger partial charge on any atom is -0.307 e. The first-order valence-electron chi connectivity index (χ1n) is 17.8. The average Bonchev–Trinajstić information content (AvgIpc) is 3.75. The molecule has 3 heterocycles. The van der Waals surface area contributed by atoms with Crippen LogP contribution in [0.3, 0.4) is 0 Å². The number of hydrogen-bond donors (Lipinski definition) is 0. The van der Waals surface area contributed by atoms with Crippen LogP contribution in [0.15, 0.2) is 182 Å². The highest BCUT2D eigenvalue weighted by molar-refractivity contribution is 6.23. The van der Waals surface area contributed by atoms with Gasteiger partial charge in [0.25, 0.3) is 5.70 Å². The van der Waals surface area contributed by atoms with Crippen molar-refractivity contribution < 1.29 is 4.92 Å². The maximum Gasteiger partial charge on any atom is 0.265 e. The van der Waals surface area contributed by atoms with Gasteiger partial charge >= 0.3 is 0 Å². The van der Waals surface area contributed by atoms with Gasteiger partial charge in [-0.1, -0.05) is 115 Å². The van der Waals surface area contributed by atoms with Crippen molar-refractivity contribution >= 4 is 43.6 Å². The standard InChI is InChI=1S/C47H32N4O2/c52-51(53)37-17-11-14-33(28-37)34-29-42(31-12-3-1-4-13-31)48-43(30-34)32-22-24-36(25-23-32)50-45-21-10-8-19-39(45)41-27-26-40-38-18-7-9-20-44(38)49(46(40)47(41)50)35-15-5-2-6-16-35/h1-13,15-30,33H,14H2. The van der Waals surface area contributed by atoms with Crippen molar-refractivity contribution in [1.82, 2.24) is 14.1 Å². The third kappa shape index (κ3) is 5.06. The molecule has 0 N–H and O–H groups in total. The Balaban J connectivity index is 1.18. The zero-order valence-electron chi connectivity index (χ0n) is 28.6. The van der Waals surface area contributed by atoms with E-state index in [0.717, 1.165) is 50.5 Å². The number of fused-ring (bicyclic) bond motifs is 7. The number of aromatic nitrogens is 3. The highest BCUT2D eigenvalue weighted by Gasteiger charge is 2.22. The summed E-state index contributed by atoms with van der Waals surface area (Å²) < 4.78 is 4.79. The summed E-state index contributed by atoms with van der Waals surface area (Å²) in [6.07, 6.45) is 5.93. The SMILES string of the molecule is O=[N+]([O-])C1=CC(c2cc(-c3ccccc3)nc(-c3ccc(-n4c5ccccc5c5ccc6c7ccccc7n(-c7ccccc7)c6c54)cc3)c2)CC=C1. The van der Waals surface area contributed by atoms with Gasteiger partial charge in [-0.15, -0.1) is 0 Å². The monoisotopic (exact) mass is 684 g/mol. The van der Waals surface area contributed by atoms with Crippen LogP contribution in [0.1, 0.15) is 17.9 Å². The van der Waals surface area contributed by atoms with E-state index in [1.54, 1.807) is 12.2 Å². The Labute approximate surface area is 305 Å². The van der Waals surface area contributed by atoms with Crippen LogP contribution in [-0.4, -0.2) is 19.0 Å². The molecule has 0 aliphatic heterocycles. The summed E-state index contributed by atoms with van der Waals surface area (Å²) in [5.74, 6) is -0.125. The molecule has 0 spiro atoms. The van der Waals surface area contributed by atoms with Crippen LogP contribution in [0.4, 0.5) is 0 Å². The number of para-hydroxylation sites is 3. The van der Waals surface area contributed by atoms with Gasteiger partial charge in [-0.3, -0.25) is 10.1 Å². The molecule has 0 radical (unpaired) electrons. The summed E-state index contributed by atoms with van der Waals surface area (Å²) in [7, 11) is 0. The summed E-state index contributed by atoms with van der Waals surface area (Å²) >= 11 is 0. The number of hydrogen-bond acceptors (Lipinski definition) is 3. The number of nitro groups is 1. The van der Waals surface area contributed by atoms with E-state index in [2.05, 4.69) is 149 Å². The Kier molecular flexibility index (Phi) is 7.15. The molecular weight excluding hydrogens is 653 g/mol. The van der Waals surface area contributed by atoms with Crippen LogP contribution in [0, 0.1) is 10.1 Å². The highest BCUT2D eigenvalue weighted by Crippen LogP contribution is 2.42. The van der Waals surface area contributed by atoms with E-state index >= 15 is 0 Å². The van der Waals surface area contributed by atoms with Gasteiger partial charge in [0.15, 0.2) is 0 Å². The minimum atomic E-state index is -0.316. The maximum absolute atomic E-state index is 11.7. The molecule has 0 bridgehead atoms. The number of nitrogens with zero attached hydrogens (tertiary/aromatic N) is 4. The third-order valence-electron chi connectivity index (χ3n) is 10.5. The molecule has 6 heteroatoms. The van der Waals surface area contributed by atoms with E-state index in [1.807, 2.05) is 24.3 Å². The molecule has 0 saturated carbocycles. The number of benzene rings is 6. The van der Waals surface area contributed by atoms with Crippen molar-refractivity contribution in [3.05, 3.63) is 197 Å². The average molecular weight is 685 g/mol. The fourth-order valence-electron chi connectivity index (χ4n) is 8.09. The fraction of sp³-hybridized carbons (Fsp3) is 0.0426. The van der Waals surface area contributed by atoms with Gasteiger partial charge in [-0.05, 0) is 60.5 Å². The molecule has 53 heavy (non-hydrogen) atoms. The van der Waals surface area contributed by atoms with Gasteiger partial charge in [-0.2, -0.15) is 0 Å². The Morgan fingerprint density at radius 2 is 1.08 bits per heavy atom. The summed E-state index contributed by atoms with van der Waals surface area (Å²) in [6.45, 7) is 0. The minimum absolute atomic E-state index is 0.122. The zero-order chi connectivity index (χ0) is 35.5. The van der Waals surface area contributed by atoms with E-state index in [9.17, 15) is 10.1 Å². The maximum atomic E-state index is 11.7. The summed E-state index contributed by atoms with van der Waals surface area (Å²) in [4.78, 5) is 16.5. The first-order valence-corrected chi connectivity index (χ1v) is 17.8. The van der Waals surface area contributed by atoms with Crippen LogP contribution < -0.4 is 0 Å². The van der Waals surface area contributed by atoms with Gasteiger partial charge in [-0.25, -0.2) is 4.98 Å². The molecule has 0 fully saturated rings. The lowest BCUT2D eigenvalue weighted by Crippen LogP contribution is -2.06. The molecule has 252 valence electrons. The van der Waals surface area contributed by atoms with Crippen LogP contribution in [0.5, 0.6) is 0 Å². The molecule has 0 saturated heterocycles. The summed E-state index contributed by atoms with van der Waals surface area (Å²) in [5, 5.41) is 16.5. The Morgan fingerprint density at radius 3 is 1.66 bits per heavy atom. The van der Waals surface area contributed by atoms with E-state index in [-0.39, 0.29) is 16.5 Å². The van der Waals surface area contributed by atoms with E-state index in [4.69, 9.17) is 4.98 Å². The van der Waals surface area contributed by atoms with Crippen molar-refractivity contribution in [2.75, 3.05) is 0 Å². The number of pyridine rings is 1. The molecule has 6 aromatic carbocycles. The van der Waals surface area contributed by atoms with Gasteiger partial charge in [0.2, 0.25) is 0 Å². The van der Waals surface area contributed by atoms with E-state index < -0.39 is 0 Å². The fourth-order valence-corrected chi connectivity index (χ4v) is 8.09. The molecule has 6 nitrogen and oxygen atoms in total. The molecule has 1 unspecified atom stereocenters. The van der Waals surface area contributed by atoms with Crippen molar-refractivity contribution in [2.45, 2.75) is 12.3 Å². The Bertz CT molecular complexity index is 2940. The van der Waals surface area contributed by atoms with E-state index in [0.29, 0.717) is 6.42 Å². The first kappa shape index (κ1) is 30.7. The van der Waals surface area contributed by atoms with Crippen LogP contribution in [-0.2, 0) is 0 Å². The lowest BCUT2D eigenvalue weighted by molar-refractivity contribution is -0.419. The molecular formula is C47H32N4O2. The molecule has 10 rings (SSSR count). The second kappa shape index (κ2) is 12.3. The predicted molar refractivity (Wildman–Crippen MR) is 215 cm³/mol. The molecule has 1 aliphatic carbocycles. The van der Waals surface area contributed by atoms with Crippen molar-refractivity contribution in [2.24, 2.45) is 0 Å². The largest absolute Gasteiger partial charge is 0.307 e. The van der Waals surface area contributed by atoms with Crippen molar-refractivity contribution in [1.29, 1.82) is 0 Å². The summed E-state index contributed by atoms with van der Waals surface area (Å²) in [6, 6.07) is 55.3. The van der Waals surface area contributed by atoms with Crippen LogP contribution in [0.25, 0.3) is 77.5 Å². The molecule has 1 aliphatic rings. The van der Waals surface area contributed by atoms with Gasteiger partial charge in [0, 0.05) is 62.1 Å². The second-order valence-corrected chi connectivity index (χ2v) is 13.6. The normalized spacial score (nSPS) is 14.3. The smallest absolute Gasteiger partial charge is 0.265 e. The van der Waals surface area contributed by atoms with Crippen molar-refractivity contribution in [3.63, 3.8) is 0 Å². The van der Waals surface area contributed by atoms with Crippen LogP contribution >= 0.6 is 0 Å². The number of allylic oxidation sites excluding steroid dienone is 3. The molecule has 0 amide bonds. The Morgan fingerprint density at radius 1 is 0.566 bits per heavy atom. The van der Waals surface area contributed by atoms with Gasteiger partial charge < -0.3 is 9.13 Å². The van der Waals surface area contributed by atoms with Gasteiger partial charge in [0.1, 0.15) is 0 Å². The topological polar surface area (TPSA) is 65.9 Å². The Hall–Kier alpha value is -7.05. The summed E-state index contributed by atoms with van der Waals surface area (Å²) in [5.41, 5.74) is 11.6. The predicted octanol–water partition coefficient (Wildman–Crippen LogP) is 11.8. The molecule has 3 aromatic heterocycles. The lowest BCUT2D eigenvalue weighted by atomic mass is 9.90. The third-order valence-corrected chi connectivity index (χ3v) is 10.5. The second-order valence-electron chi connectivity index (χ2n) is 13.6. The molecule has 9 aromatic rings. The van der Waals surface area contributed by atoms with Gasteiger partial charge in [0.05, 0.1) is 38.4 Å². The quantitative estimate of drug-likeness (QED) is 0.129. The number of rotatable bonds is 6.